The van der Waals surface area contributed by atoms with Gasteiger partial charge in [-0.25, -0.2) is 0 Å². The summed E-state index contributed by atoms with van der Waals surface area (Å²) in [5, 5.41) is 9.53. The first kappa shape index (κ1) is 14.2. The van der Waals surface area contributed by atoms with Crippen LogP contribution in [-0.4, -0.2) is 12.6 Å². The molecule has 1 aromatic carbocycles. The molecule has 0 amide bonds. The van der Waals surface area contributed by atoms with Crippen molar-refractivity contribution in [3.63, 3.8) is 0 Å². The number of unbranched alkanes of at least 4 members (excludes halogenated alkanes) is 1. The first-order valence-electron chi connectivity index (χ1n) is 6.25. The Morgan fingerprint density at radius 2 is 2.06 bits per heavy atom. The van der Waals surface area contributed by atoms with Crippen molar-refractivity contribution in [3.05, 3.63) is 35.9 Å². The normalized spacial score (nSPS) is 13.4. The van der Waals surface area contributed by atoms with Gasteiger partial charge in [-0.05, 0) is 12.0 Å². The predicted octanol–water partition coefficient (Wildman–Crippen LogP) is 3.20. The molecule has 0 bridgehead atoms. The monoisotopic (exact) mass is 245 g/mol. The fraction of sp³-hybridized carbons (Fsp3) is 0.467. The Kier molecular flexibility index (Phi) is 5.38. The molecule has 0 aliphatic heterocycles. The number of nitrogens with zero attached hydrogens (tertiary/aromatic N) is 1. The minimum absolute atomic E-state index is 0.128. The summed E-state index contributed by atoms with van der Waals surface area (Å²) in [4.78, 5) is 11.0. The number of nitriles is 1. The van der Waals surface area contributed by atoms with Crippen molar-refractivity contribution in [1.29, 1.82) is 5.26 Å². The van der Waals surface area contributed by atoms with Crippen LogP contribution in [0.4, 0.5) is 0 Å². The molecule has 0 aliphatic carbocycles. The summed E-state index contributed by atoms with van der Waals surface area (Å²) in [5.41, 5.74) is 0.199. The Labute approximate surface area is 108 Å². The summed E-state index contributed by atoms with van der Waals surface area (Å²) in [6.45, 7) is 3.58. The van der Waals surface area contributed by atoms with Crippen molar-refractivity contribution in [2.75, 3.05) is 6.61 Å². The summed E-state index contributed by atoms with van der Waals surface area (Å²) in [6.07, 6.45) is 2.65. The largest absolute Gasteiger partial charge is 0.464 e. The van der Waals surface area contributed by atoms with Gasteiger partial charge in [0.1, 0.15) is 12.0 Å². The molecule has 0 saturated carbocycles. The van der Waals surface area contributed by atoms with E-state index in [1.54, 1.807) is 0 Å². The van der Waals surface area contributed by atoms with Crippen molar-refractivity contribution in [3.8, 4) is 6.07 Å². The first-order valence-corrected chi connectivity index (χ1v) is 6.25. The van der Waals surface area contributed by atoms with E-state index in [4.69, 9.17) is 4.74 Å². The van der Waals surface area contributed by atoms with Gasteiger partial charge in [-0.3, -0.25) is 4.79 Å². The van der Waals surface area contributed by atoms with Gasteiger partial charge in [0.15, 0.2) is 0 Å². The van der Waals surface area contributed by atoms with Gasteiger partial charge in [-0.2, -0.15) is 5.26 Å². The molecule has 18 heavy (non-hydrogen) atoms. The third-order valence-electron chi connectivity index (χ3n) is 3.02. The molecule has 0 saturated heterocycles. The van der Waals surface area contributed by atoms with Crippen LogP contribution in [0.15, 0.2) is 30.3 Å². The summed E-state index contributed by atoms with van der Waals surface area (Å²) < 4.78 is 5.09. The summed E-state index contributed by atoms with van der Waals surface area (Å²) in [5.74, 6) is -0.345. The zero-order valence-corrected chi connectivity index (χ0v) is 11.0. The zero-order valence-electron chi connectivity index (χ0n) is 11.0. The number of carbonyl (C=O) groups excluding carboxylic acids is 1. The molecule has 1 aromatic rings. The number of hydrogen-bond donors (Lipinski definition) is 0. The summed E-state index contributed by atoms with van der Waals surface area (Å²) >= 11 is 0. The molecule has 0 fully saturated rings. The third kappa shape index (κ3) is 3.59. The lowest BCUT2D eigenvalue weighted by Crippen LogP contribution is -2.31. The van der Waals surface area contributed by atoms with Crippen LogP contribution >= 0.6 is 0 Å². The summed E-state index contributed by atoms with van der Waals surface area (Å²) in [6, 6.07) is 11.9. The van der Waals surface area contributed by atoms with E-state index in [-0.39, 0.29) is 12.6 Å². The van der Waals surface area contributed by atoms with Gasteiger partial charge in [0.2, 0.25) is 0 Å². The van der Waals surface area contributed by atoms with E-state index in [9.17, 15) is 10.1 Å². The van der Waals surface area contributed by atoms with Gasteiger partial charge >= 0.3 is 5.97 Å². The Morgan fingerprint density at radius 3 is 2.56 bits per heavy atom. The van der Waals surface area contributed by atoms with Gasteiger partial charge in [-0.15, -0.1) is 0 Å². The van der Waals surface area contributed by atoms with E-state index in [1.807, 2.05) is 30.3 Å². The van der Waals surface area contributed by atoms with E-state index in [0.717, 1.165) is 18.4 Å². The highest BCUT2D eigenvalue weighted by Gasteiger charge is 2.33. The average molecular weight is 245 g/mol. The average Bonchev–Trinajstić information content (AvgIpc) is 2.40. The fourth-order valence-electron chi connectivity index (χ4n) is 1.91. The van der Waals surface area contributed by atoms with Gasteiger partial charge in [0, 0.05) is 6.92 Å². The van der Waals surface area contributed by atoms with E-state index in [2.05, 4.69) is 13.0 Å². The zero-order chi connectivity index (χ0) is 13.4. The standard InChI is InChI=1S/C15H19NO2/c1-3-4-10-15(11-16,12-18-13(2)17)14-8-6-5-7-9-14/h5-9H,3-4,10,12H2,1-2H3. The van der Waals surface area contributed by atoms with Gasteiger partial charge in [0.25, 0.3) is 0 Å². The van der Waals surface area contributed by atoms with Crippen molar-refractivity contribution >= 4 is 5.97 Å². The van der Waals surface area contributed by atoms with Crippen LogP contribution in [0.2, 0.25) is 0 Å². The van der Waals surface area contributed by atoms with Crippen molar-refractivity contribution in [2.24, 2.45) is 0 Å². The van der Waals surface area contributed by atoms with Gasteiger partial charge in [0.05, 0.1) is 6.07 Å². The van der Waals surface area contributed by atoms with Crippen LogP contribution in [0.1, 0.15) is 38.7 Å². The minimum Gasteiger partial charge on any atom is -0.464 e. The summed E-state index contributed by atoms with van der Waals surface area (Å²) in [7, 11) is 0. The topological polar surface area (TPSA) is 50.1 Å². The Bertz CT molecular complexity index is 422. The molecule has 1 atom stereocenters. The number of hydrogen-bond acceptors (Lipinski definition) is 3. The van der Waals surface area contributed by atoms with Crippen LogP contribution in [-0.2, 0) is 14.9 Å². The molecule has 1 rings (SSSR count). The van der Waals surface area contributed by atoms with E-state index < -0.39 is 5.41 Å². The van der Waals surface area contributed by atoms with Gasteiger partial charge < -0.3 is 4.74 Å². The van der Waals surface area contributed by atoms with Crippen LogP contribution in [0.3, 0.4) is 0 Å². The molecular weight excluding hydrogens is 226 g/mol. The number of carbonyl (C=O) groups is 1. The molecule has 96 valence electrons. The van der Waals surface area contributed by atoms with Crippen LogP contribution in [0.5, 0.6) is 0 Å². The smallest absolute Gasteiger partial charge is 0.302 e. The van der Waals surface area contributed by atoms with Gasteiger partial charge in [-0.1, -0.05) is 50.1 Å². The molecule has 3 heteroatoms. The van der Waals surface area contributed by atoms with Crippen LogP contribution in [0.25, 0.3) is 0 Å². The maximum absolute atomic E-state index is 11.0. The minimum atomic E-state index is -0.719. The maximum atomic E-state index is 11.0. The van der Waals surface area contributed by atoms with Crippen molar-refractivity contribution < 1.29 is 9.53 Å². The maximum Gasteiger partial charge on any atom is 0.302 e. The van der Waals surface area contributed by atoms with E-state index in [0.29, 0.717) is 6.42 Å². The molecule has 1 unspecified atom stereocenters. The number of esters is 1. The second-order valence-electron chi connectivity index (χ2n) is 4.44. The Hall–Kier alpha value is -1.82. The molecule has 3 nitrogen and oxygen atoms in total. The van der Waals surface area contributed by atoms with E-state index >= 15 is 0 Å². The van der Waals surface area contributed by atoms with Crippen LogP contribution < -0.4 is 0 Å². The highest BCUT2D eigenvalue weighted by atomic mass is 16.5. The quantitative estimate of drug-likeness (QED) is 0.723. The molecule has 0 N–H and O–H groups in total. The Morgan fingerprint density at radius 1 is 1.39 bits per heavy atom. The van der Waals surface area contributed by atoms with Crippen molar-refractivity contribution in [1.82, 2.24) is 0 Å². The lowest BCUT2D eigenvalue weighted by atomic mass is 9.78. The lowest BCUT2D eigenvalue weighted by Gasteiger charge is -2.26. The second kappa shape index (κ2) is 6.80. The molecule has 0 heterocycles. The van der Waals surface area contributed by atoms with Crippen molar-refractivity contribution in [2.45, 2.75) is 38.5 Å². The first-order chi connectivity index (χ1) is 8.64. The lowest BCUT2D eigenvalue weighted by molar-refractivity contribution is -0.142. The third-order valence-corrected chi connectivity index (χ3v) is 3.02. The van der Waals surface area contributed by atoms with E-state index in [1.165, 1.54) is 6.92 Å². The number of rotatable bonds is 6. The highest BCUT2D eigenvalue weighted by molar-refractivity contribution is 5.66. The molecule has 0 spiro atoms. The Balaban J connectivity index is 2.98. The number of benzene rings is 1. The molecule has 0 aromatic heterocycles. The highest BCUT2D eigenvalue weighted by Crippen LogP contribution is 2.30. The fourth-order valence-corrected chi connectivity index (χ4v) is 1.91. The molecular formula is C15H19NO2. The SMILES string of the molecule is CCCCC(C#N)(COC(C)=O)c1ccccc1. The van der Waals surface area contributed by atoms with Crippen LogP contribution in [0, 0.1) is 11.3 Å². The predicted molar refractivity (Wildman–Crippen MR) is 69.9 cm³/mol. The second-order valence-corrected chi connectivity index (χ2v) is 4.44. The molecule has 0 radical (unpaired) electrons. The molecule has 0 aliphatic rings. The number of ether oxygens (including phenoxy) is 1.